The predicted octanol–water partition coefficient (Wildman–Crippen LogP) is 2.25. The van der Waals surface area contributed by atoms with Crippen LogP contribution in [0.25, 0.3) is 0 Å². The molecule has 21 heavy (non-hydrogen) atoms. The fourth-order valence-electron chi connectivity index (χ4n) is 2.65. The molecule has 116 valence electrons. The molecule has 1 heterocycles. The van der Waals surface area contributed by atoms with Gasteiger partial charge in [0.25, 0.3) is 0 Å². The van der Waals surface area contributed by atoms with Crippen molar-refractivity contribution in [2.24, 2.45) is 0 Å². The molecule has 6 heteroatoms. The molecule has 1 aromatic rings. The van der Waals surface area contributed by atoms with Crippen molar-refractivity contribution in [3.05, 3.63) is 29.6 Å². The number of hydrogen-bond acceptors (Lipinski definition) is 3. The third-order valence-electron chi connectivity index (χ3n) is 4.10. The molecular weight excluding hydrogens is 291 g/mol. The topological polar surface area (TPSA) is 49.4 Å². The Morgan fingerprint density at radius 3 is 2.57 bits per heavy atom. The van der Waals surface area contributed by atoms with Crippen LogP contribution in [0.4, 0.5) is 4.39 Å². The molecule has 0 spiro atoms. The molecule has 1 saturated heterocycles. The second-order valence-electron chi connectivity index (χ2n) is 5.88. The standard InChI is InChI=1S/C15H21FN2O2S/c16-14-7-4-12(11-17-13-5-6-13)10-15(14)21(19,20)18-8-2-1-3-9-18/h4,7,10,13,17H,1-3,5-6,8-9,11H2. The van der Waals surface area contributed by atoms with Crippen LogP contribution in [0, 0.1) is 5.82 Å². The molecular formula is C15H21FN2O2S. The zero-order valence-corrected chi connectivity index (χ0v) is 12.8. The molecule has 0 aromatic heterocycles. The summed E-state index contributed by atoms with van der Waals surface area (Å²) in [7, 11) is -3.71. The molecule has 1 saturated carbocycles. The largest absolute Gasteiger partial charge is 0.310 e. The third kappa shape index (κ3) is 3.44. The molecule has 4 nitrogen and oxygen atoms in total. The van der Waals surface area contributed by atoms with Crippen LogP contribution in [0.5, 0.6) is 0 Å². The Morgan fingerprint density at radius 2 is 1.90 bits per heavy atom. The maximum absolute atomic E-state index is 14.0. The van der Waals surface area contributed by atoms with Crippen molar-refractivity contribution in [1.82, 2.24) is 9.62 Å². The van der Waals surface area contributed by atoms with E-state index in [0.29, 0.717) is 25.7 Å². The molecule has 2 aliphatic rings. The number of nitrogens with one attached hydrogen (secondary N) is 1. The minimum absolute atomic E-state index is 0.181. The van der Waals surface area contributed by atoms with E-state index in [1.54, 1.807) is 6.07 Å². The molecule has 0 unspecified atom stereocenters. The maximum Gasteiger partial charge on any atom is 0.245 e. The average Bonchev–Trinajstić information content (AvgIpc) is 3.31. The molecule has 3 rings (SSSR count). The summed E-state index contributed by atoms with van der Waals surface area (Å²) in [5.74, 6) is -0.657. The van der Waals surface area contributed by atoms with Crippen LogP contribution in [-0.2, 0) is 16.6 Å². The smallest absolute Gasteiger partial charge is 0.245 e. The van der Waals surface area contributed by atoms with Gasteiger partial charge in [0.15, 0.2) is 0 Å². The third-order valence-corrected chi connectivity index (χ3v) is 6.01. The molecule has 1 aliphatic carbocycles. The van der Waals surface area contributed by atoms with E-state index in [2.05, 4.69) is 5.32 Å². The van der Waals surface area contributed by atoms with Crippen molar-refractivity contribution >= 4 is 10.0 Å². The number of benzene rings is 1. The van der Waals surface area contributed by atoms with Crippen molar-refractivity contribution in [1.29, 1.82) is 0 Å². The summed E-state index contributed by atoms with van der Waals surface area (Å²) in [4.78, 5) is -0.181. The van der Waals surface area contributed by atoms with Gasteiger partial charge in [0, 0.05) is 25.7 Å². The van der Waals surface area contributed by atoms with Crippen molar-refractivity contribution in [2.45, 2.75) is 49.6 Å². The first-order valence-corrected chi connectivity index (χ1v) is 9.03. The summed E-state index contributed by atoms with van der Waals surface area (Å²) >= 11 is 0. The zero-order valence-electron chi connectivity index (χ0n) is 12.0. The van der Waals surface area contributed by atoms with E-state index in [9.17, 15) is 12.8 Å². The Hall–Kier alpha value is -0.980. The highest BCUT2D eigenvalue weighted by Gasteiger charge is 2.29. The van der Waals surface area contributed by atoms with Gasteiger partial charge >= 0.3 is 0 Å². The maximum atomic E-state index is 14.0. The van der Waals surface area contributed by atoms with Crippen molar-refractivity contribution in [2.75, 3.05) is 13.1 Å². The minimum Gasteiger partial charge on any atom is -0.310 e. The SMILES string of the molecule is O=S(=O)(c1cc(CNC2CC2)ccc1F)N1CCCCC1. The number of sulfonamides is 1. The zero-order chi connectivity index (χ0) is 14.9. The molecule has 0 radical (unpaired) electrons. The van der Waals surface area contributed by atoms with Gasteiger partial charge in [0.05, 0.1) is 0 Å². The lowest BCUT2D eigenvalue weighted by atomic mass is 10.2. The van der Waals surface area contributed by atoms with E-state index < -0.39 is 15.8 Å². The van der Waals surface area contributed by atoms with Gasteiger partial charge in [-0.2, -0.15) is 4.31 Å². The predicted molar refractivity (Wildman–Crippen MR) is 78.9 cm³/mol. The van der Waals surface area contributed by atoms with Crippen LogP contribution in [-0.4, -0.2) is 31.9 Å². The second kappa shape index (κ2) is 6.02. The van der Waals surface area contributed by atoms with E-state index >= 15 is 0 Å². The van der Waals surface area contributed by atoms with Gasteiger partial charge < -0.3 is 5.32 Å². The normalized spacial score (nSPS) is 20.6. The first-order valence-electron chi connectivity index (χ1n) is 7.59. The van der Waals surface area contributed by atoms with Crippen LogP contribution in [0.2, 0.25) is 0 Å². The molecule has 1 aliphatic heterocycles. The van der Waals surface area contributed by atoms with Crippen LogP contribution in [0.1, 0.15) is 37.7 Å². The average molecular weight is 312 g/mol. The monoisotopic (exact) mass is 312 g/mol. The van der Waals surface area contributed by atoms with Gasteiger partial charge in [0.2, 0.25) is 10.0 Å². The van der Waals surface area contributed by atoms with E-state index in [4.69, 9.17) is 0 Å². The quantitative estimate of drug-likeness (QED) is 0.907. The molecule has 1 N–H and O–H groups in total. The van der Waals surface area contributed by atoms with Gasteiger partial charge in [-0.25, -0.2) is 12.8 Å². The summed E-state index contributed by atoms with van der Waals surface area (Å²) in [5, 5.41) is 3.32. The summed E-state index contributed by atoms with van der Waals surface area (Å²) in [6.07, 6.45) is 5.08. The lowest BCUT2D eigenvalue weighted by molar-refractivity contribution is 0.345. The van der Waals surface area contributed by atoms with Crippen LogP contribution in [0.3, 0.4) is 0 Å². The molecule has 2 fully saturated rings. The number of piperidine rings is 1. The highest BCUT2D eigenvalue weighted by atomic mass is 32.2. The minimum atomic E-state index is -3.71. The van der Waals surface area contributed by atoms with Crippen molar-refractivity contribution < 1.29 is 12.8 Å². The highest BCUT2D eigenvalue weighted by Crippen LogP contribution is 2.25. The first kappa shape index (κ1) is 14.9. The van der Waals surface area contributed by atoms with Crippen LogP contribution < -0.4 is 5.32 Å². The van der Waals surface area contributed by atoms with E-state index in [1.165, 1.54) is 29.3 Å². The van der Waals surface area contributed by atoms with Gasteiger partial charge in [-0.05, 0) is 43.4 Å². The van der Waals surface area contributed by atoms with Gasteiger partial charge in [-0.1, -0.05) is 12.5 Å². The highest BCUT2D eigenvalue weighted by molar-refractivity contribution is 7.89. The number of rotatable bonds is 5. The Morgan fingerprint density at radius 1 is 1.19 bits per heavy atom. The summed E-state index contributed by atoms with van der Waals surface area (Å²) in [6, 6.07) is 4.94. The van der Waals surface area contributed by atoms with Gasteiger partial charge in [-0.15, -0.1) is 0 Å². The van der Waals surface area contributed by atoms with Crippen molar-refractivity contribution in [3.63, 3.8) is 0 Å². The Balaban J connectivity index is 1.82. The van der Waals surface area contributed by atoms with Crippen LogP contribution >= 0.6 is 0 Å². The van der Waals surface area contributed by atoms with Gasteiger partial charge in [-0.3, -0.25) is 0 Å². The van der Waals surface area contributed by atoms with Crippen molar-refractivity contribution in [3.8, 4) is 0 Å². The summed E-state index contributed by atoms with van der Waals surface area (Å²) < 4.78 is 40.6. The first-order chi connectivity index (χ1) is 10.1. The lowest BCUT2D eigenvalue weighted by Gasteiger charge is -2.26. The Labute approximate surface area is 125 Å². The number of hydrogen-bond donors (Lipinski definition) is 1. The second-order valence-corrected chi connectivity index (χ2v) is 7.79. The summed E-state index contributed by atoms with van der Waals surface area (Å²) in [6.45, 7) is 1.58. The van der Waals surface area contributed by atoms with E-state index in [0.717, 1.165) is 24.8 Å². The van der Waals surface area contributed by atoms with Gasteiger partial charge in [0.1, 0.15) is 10.7 Å². The van der Waals surface area contributed by atoms with E-state index in [-0.39, 0.29) is 4.90 Å². The summed E-state index contributed by atoms with van der Waals surface area (Å²) in [5.41, 5.74) is 0.818. The molecule has 1 aromatic carbocycles. The van der Waals surface area contributed by atoms with E-state index in [1.807, 2.05) is 0 Å². The fourth-order valence-corrected chi connectivity index (χ4v) is 4.28. The number of nitrogens with zero attached hydrogens (tertiary/aromatic N) is 1. The Kier molecular flexibility index (Phi) is 4.28. The number of halogens is 1. The Bertz CT molecular complexity index is 608. The lowest BCUT2D eigenvalue weighted by Crippen LogP contribution is -2.36. The molecule has 0 atom stereocenters. The van der Waals surface area contributed by atoms with Crippen LogP contribution in [0.15, 0.2) is 23.1 Å². The molecule has 0 amide bonds. The fraction of sp³-hybridized carbons (Fsp3) is 0.600. The molecule has 0 bridgehead atoms.